The van der Waals surface area contributed by atoms with Gasteiger partial charge in [0.25, 0.3) is 0 Å². The van der Waals surface area contributed by atoms with E-state index in [1.54, 1.807) is 3.57 Å². The van der Waals surface area contributed by atoms with Gasteiger partial charge in [0, 0.05) is 0 Å². The standard InChI is InChI=1S/C14H23I.3H2O.O.Sb/c1-13(2,3)15(14(4,5)6)12-10-8-7-9-11-12;;;;;/h7-11H,1-6H3;3*1H2;;/q;;;;;+3/p-3. The molecule has 0 radical (unpaired) electrons. The Hall–Kier alpha value is 0.448. The molecular formula is C14H26IO4Sb. The van der Waals surface area contributed by atoms with Crippen molar-refractivity contribution >= 4 is 39.9 Å². The molecule has 0 bridgehead atoms. The van der Waals surface area contributed by atoms with Gasteiger partial charge < -0.3 is 0 Å². The second-order valence-corrected chi connectivity index (χ2v) is 18.5. The van der Waals surface area contributed by atoms with Crippen LogP contribution >= 0.6 is 19.8 Å². The van der Waals surface area contributed by atoms with Gasteiger partial charge in [-0.3, -0.25) is 0 Å². The van der Waals surface area contributed by atoms with Crippen molar-refractivity contribution in [2.75, 3.05) is 0 Å². The Balaban J connectivity index is 0.000000621. The molecule has 0 saturated heterocycles. The molecule has 1 rings (SSSR count). The molecule has 0 aliphatic carbocycles. The third-order valence-corrected chi connectivity index (χ3v) is 10.5. The van der Waals surface area contributed by atoms with E-state index in [1.807, 2.05) is 0 Å². The quantitative estimate of drug-likeness (QED) is 0.311. The van der Waals surface area contributed by atoms with Crippen LogP contribution in [0.25, 0.3) is 0 Å². The monoisotopic (exact) mass is 506 g/mol. The third kappa shape index (κ3) is 9.40. The summed E-state index contributed by atoms with van der Waals surface area (Å²) in [5.41, 5.74) is 0. The van der Waals surface area contributed by atoms with Gasteiger partial charge in [-0.05, 0) is 0 Å². The number of rotatable bonds is 1. The van der Waals surface area contributed by atoms with Crippen molar-refractivity contribution < 1.29 is 13.2 Å². The average molecular weight is 507 g/mol. The van der Waals surface area contributed by atoms with Crippen molar-refractivity contribution in [1.29, 1.82) is 0 Å². The molecule has 6 heteroatoms. The first-order chi connectivity index (χ1) is 8.73. The molecule has 20 heavy (non-hydrogen) atoms. The van der Waals surface area contributed by atoms with E-state index in [4.69, 9.17) is 13.2 Å². The van der Waals surface area contributed by atoms with Crippen LogP contribution in [0, 0.1) is 3.57 Å². The number of benzene rings is 1. The van der Waals surface area contributed by atoms with Crippen LogP contribution < -0.4 is 0 Å². The Morgan fingerprint density at radius 3 is 1.40 bits per heavy atom. The second kappa shape index (κ2) is 7.63. The molecule has 0 aromatic heterocycles. The maximum absolute atomic E-state index is 8.97. The first-order valence-corrected chi connectivity index (χ1v) is 14.0. The van der Waals surface area contributed by atoms with Crippen LogP contribution in [0.4, 0.5) is 0 Å². The Morgan fingerprint density at radius 2 is 1.15 bits per heavy atom. The minimum absolute atomic E-state index is 0.462. The van der Waals surface area contributed by atoms with E-state index in [1.165, 1.54) is 0 Å². The third-order valence-electron chi connectivity index (χ3n) is 2.09. The summed E-state index contributed by atoms with van der Waals surface area (Å²) in [6.45, 7) is 14.4. The summed E-state index contributed by atoms with van der Waals surface area (Å²) in [7, 11) is 0. The SMILES string of the molecule is CC(C)(C)I(c1ccccc1)C(C)(C)C.[O]=[Sb]([OH])([OH])[OH]. The van der Waals surface area contributed by atoms with Crippen LogP contribution in [0.15, 0.2) is 30.3 Å². The second-order valence-electron chi connectivity index (χ2n) is 6.23. The molecule has 1 aromatic rings. The van der Waals surface area contributed by atoms with E-state index in [-0.39, 0.29) is 0 Å². The maximum atomic E-state index is 8.97. The molecule has 0 amide bonds. The number of halogens is 1. The topological polar surface area (TPSA) is 77.8 Å². The zero-order valence-electron chi connectivity index (χ0n) is 13.0. The van der Waals surface area contributed by atoms with Gasteiger partial charge in [-0.25, -0.2) is 0 Å². The Labute approximate surface area is 134 Å². The summed E-state index contributed by atoms with van der Waals surface area (Å²) < 4.78 is 33.3. The molecule has 0 atom stereocenters. The van der Waals surface area contributed by atoms with Crippen LogP contribution in [0.1, 0.15) is 41.5 Å². The molecule has 0 unspecified atom stereocenters. The molecule has 1 aromatic carbocycles. The number of alkyl halides is 2. The average Bonchev–Trinajstić information content (AvgIpc) is 2.11. The fraction of sp³-hybridized carbons (Fsp3) is 0.571. The molecule has 0 aliphatic heterocycles. The van der Waals surface area contributed by atoms with Gasteiger partial charge in [0.1, 0.15) is 0 Å². The fourth-order valence-electron chi connectivity index (χ4n) is 2.05. The Morgan fingerprint density at radius 1 is 0.850 bits per heavy atom. The van der Waals surface area contributed by atoms with Crippen LogP contribution in [0.5, 0.6) is 0 Å². The van der Waals surface area contributed by atoms with Crippen molar-refractivity contribution in [3.05, 3.63) is 33.9 Å². The Bertz CT molecular complexity index is 420. The van der Waals surface area contributed by atoms with E-state index >= 15 is 0 Å². The summed E-state index contributed by atoms with van der Waals surface area (Å²) in [5, 5.41) is 0. The molecule has 3 N–H and O–H groups in total. The van der Waals surface area contributed by atoms with E-state index in [0.717, 1.165) is 0 Å². The zero-order chi connectivity index (χ0) is 16.2. The molecule has 4 nitrogen and oxygen atoms in total. The van der Waals surface area contributed by atoms with Gasteiger partial charge >= 0.3 is 135 Å². The summed E-state index contributed by atoms with van der Waals surface area (Å²) in [6.07, 6.45) is 0. The van der Waals surface area contributed by atoms with Crippen LogP contribution in [-0.2, 0) is 3.02 Å². The normalized spacial score (nSPS) is 13.3. The van der Waals surface area contributed by atoms with Gasteiger partial charge in [-0.1, -0.05) is 0 Å². The predicted octanol–water partition coefficient (Wildman–Crippen LogP) is 2.79. The van der Waals surface area contributed by atoms with E-state index in [2.05, 4.69) is 71.9 Å². The Kier molecular flexibility index (Phi) is 7.80. The van der Waals surface area contributed by atoms with Crippen molar-refractivity contribution in [2.24, 2.45) is 0 Å². The van der Waals surface area contributed by atoms with Gasteiger partial charge in [0.05, 0.1) is 0 Å². The summed E-state index contributed by atoms with van der Waals surface area (Å²) in [6, 6.07) is 11.1. The molecule has 118 valence electrons. The van der Waals surface area contributed by atoms with E-state index in [9.17, 15) is 0 Å². The van der Waals surface area contributed by atoms with Gasteiger partial charge in [-0.2, -0.15) is 0 Å². The van der Waals surface area contributed by atoms with Crippen LogP contribution in [0.2, 0.25) is 0 Å². The van der Waals surface area contributed by atoms with Gasteiger partial charge in [-0.15, -0.1) is 0 Å². The van der Waals surface area contributed by atoms with Crippen molar-refractivity contribution in [3.63, 3.8) is 0 Å². The summed E-state index contributed by atoms with van der Waals surface area (Å²) in [5.74, 6) is 0. The molecule has 0 fully saturated rings. The molecular weight excluding hydrogens is 481 g/mol. The van der Waals surface area contributed by atoms with Crippen LogP contribution in [0.3, 0.4) is 0 Å². The van der Waals surface area contributed by atoms with Crippen LogP contribution in [-0.4, -0.2) is 37.1 Å². The number of hydrogen-bond donors (Lipinski definition) is 3. The van der Waals surface area contributed by atoms with E-state index < -0.39 is 39.9 Å². The molecule has 0 aliphatic rings. The predicted molar refractivity (Wildman–Crippen MR) is 91.8 cm³/mol. The minimum atomic E-state index is -5.35. The summed E-state index contributed by atoms with van der Waals surface area (Å²) in [4.78, 5) is 0. The molecule has 0 spiro atoms. The first-order valence-electron chi connectivity index (χ1n) is 6.26. The van der Waals surface area contributed by atoms with Gasteiger partial charge in [0.2, 0.25) is 0 Å². The van der Waals surface area contributed by atoms with E-state index in [0.29, 0.717) is 6.84 Å². The first kappa shape index (κ1) is 20.4. The molecule has 0 heterocycles. The molecule has 0 saturated carbocycles. The van der Waals surface area contributed by atoms with Gasteiger partial charge in [0.15, 0.2) is 0 Å². The summed E-state index contributed by atoms with van der Waals surface area (Å²) >= 11 is -6.52. The van der Waals surface area contributed by atoms with Crippen molar-refractivity contribution in [3.8, 4) is 0 Å². The van der Waals surface area contributed by atoms with Crippen molar-refractivity contribution in [1.82, 2.24) is 0 Å². The fourth-order valence-corrected chi connectivity index (χ4v) is 11.8. The number of hydrogen-bond acceptors (Lipinski definition) is 1. The zero-order valence-corrected chi connectivity index (χ0v) is 17.7. The van der Waals surface area contributed by atoms with Crippen molar-refractivity contribution in [2.45, 2.75) is 48.4 Å².